The summed E-state index contributed by atoms with van der Waals surface area (Å²) >= 11 is 0. The molecule has 13 heavy (non-hydrogen) atoms. The van der Waals surface area contributed by atoms with E-state index in [0.29, 0.717) is 0 Å². The Morgan fingerprint density at radius 1 is 1.31 bits per heavy atom. The van der Waals surface area contributed by atoms with Crippen molar-refractivity contribution < 1.29 is 13.2 Å². The zero-order valence-corrected chi connectivity index (χ0v) is 7.32. The number of nitrogens with one attached hydrogen (secondary N) is 1. The lowest BCUT2D eigenvalue weighted by Gasteiger charge is -2.00. The second-order valence-corrected chi connectivity index (χ2v) is 2.83. The van der Waals surface area contributed by atoms with E-state index in [1.807, 2.05) is 0 Å². The number of thiol groups is 1. The highest BCUT2D eigenvalue weighted by Crippen LogP contribution is 2.22. The molecular weight excluding hydrogens is 192 g/mol. The van der Waals surface area contributed by atoms with Crippen LogP contribution in [0, 0.1) is 0 Å². The third kappa shape index (κ3) is 2.70. The Balaban J connectivity index is 3.11. The van der Waals surface area contributed by atoms with Crippen molar-refractivity contribution in [2.24, 2.45) is 4.99 Å². The Hall–Kier alpha value is -1.65. The molecule has 0 heterocycles. The highest BCUT2D eigenvalue weighted by Gasteiger charge is 1.98. The van der Waals surface area contributed by atoms with Gasteiger partial charge in [0, 0.05) is 0 Å². The first-order chi connectivity index (χ1) is 6.24. The molecule has 0 aliphatic carbocycles. The third-order valence-corrected chi connectivity index (χ3v) is 1.71. The number of hydrogen-bond acceptors (Lipinski definition) is 4. The van der Waals surface area contributed by atoms with Crippen molar-refractivity contribution in [3.63, 3.8) is 0 Å². The molecule has 0 fully saturated rings. The van der Waals surface area contributed by atoms with Gasteiger partial charge in [-0.1, -0.05) is 12.1 Å². The Morgan fingerprint density at radius 3 is 2.62 bits per heavy atom. The lowest BCUT2D eigenvalue weighted by Crippen LogP contribution is -1.94. The van der Waals surface area contributed by atoms with E-state index in [9.17, 15) is 13.2 Å². The van der Waals surface area contributed by atoms with Gasteiger partial charge in [-0.15, -0.1) is 0 Å². The van der Waals surface area contributed by atoms with Crippen LogP contribution in [0.25, 0.3) is 0 Å². The van der Waals surface area contributed by atoms with Crippen LogP contribution in [0.2, 0.25) is 0 Å². The lowest BCUT2D eigenvalue weighted by molar-refractivity contribution is 0.565. The molecule has 5 nitrogen and oxygen atoms in total. The van der Waals surface area contributed by atoms with E-state index in [1.54, 1.807) is 12.1 Å². The van der Waals surface area contributed by atoms with Crippen molar-refractivity contribution in [2.45, 2.75) is 0 Å². The number of anilines is 1. The Kier molecular flexibility index (Phi) is 3.19. The molecule has 0 aliphatic rings. The van der Waals surface area contributed by atoms with Crippen LogP contribution < -0.4 is 4.72 Å². The first-order valence-electron chi connectivity index (χ1n) is 3.32. The van der Waals surface area contributed by atoms with Crippen LogP contribution in [0.4, 0.5) is 11.4 Å². The maximum atomic E-state index is 10.3. The first kappa shape index (κ1) is 9.44. The average Bonchev–Trinajstić information content (AvgIpc) is 2.08. The lowest BCUT2D eigenvalue weighted by atomic mass is 10.3. The van der Waals surface area contributed by atoms with E-state index in [0.717, 1.165) is 0 Å². The molecule has 0 bridgehead atoms. The zero-order valence-electron chi connectivity index (χ0n) is 6.43. The fraction of sp³-hybridized carbons (Fsp3) is 0. The molecule has 0 aromatic heterocycles. The highest BCUT2D eigenvalue weighted by molar-refractivity contribution is 7.73. The van der Waals surface area contributed by atoms with Crippen molar-refractivity contribution in [1.29, 1.82) is 0 Å². The number of carbonyl (C=O) groups excluding carboxylic acids is 1. The summed E-state index contributed by atoms with van der Waals surface area (Å²) in [7, 11) is -2.74. The molecule has 1 rings (SSSR count). The van der Waals surface area contributed by atoms with Crippen LogP contribution in [0.5, 0.6) is 0 Å². The molecule has 0 amide bonds. The Labute approximate surface area is 76.2 Å². The summed E-state index contributed by atoms with van der Waals surface area (Å²) in [6.07, 6.45) is 1.34. The molecule has 0 radical (unpaired) electrons. The molecule has 1 aromatic rings. The average molecular weight is 198 g/mol. The fourth-order valence-electron chi connectivity index (χ4n) is 0.813. The summed E-state index contributed by atoms with van der Waals surface area (Å²) in [6.45, 7) is 0. The predicted octanol–water partition coefficient (Wildman–Crippen LogP) is 0.592. The van der Waals surface area contributed by atoms with Gasteiger partial charge < -0.3 is 0 Å². The molecule has 0 saturated carbocycles. The van der Waals surface area contributed by atoms with Gasteiger partial charge in [0.05, 0.1) is 5.69 Å². The van der Waals surface area contributed by atoms with E-state index in [2.05, 4.69) is 9.71 Å². The molecule has 0 aliphatic heterocycles. The molecule has 6 heteroatoms. The van der Waals surface area contributed by atoms with Gasteiger partial charge in [0.2, 0.25) is 17.0 Å². The molecule has 0 saturated heterocycles. The van der Waals surface area contributed by atoms with Gasteiger partial charge in [-0.25, -0.2) is 13.2 Å². The summed E-state index contributed by atoms with van der Waals surface area (Å²) in [5.41, 5.74) is 0.513. The van der Waals surface area contributed by atoms with Crippen LogP contribution >= 0.6 is 0 Å². The number of aliphatic imine (C=N–C) groups is 1. The number of rotatable bonds is 3. The summed E-state index contributed by atoms with van der Waals surface area (Å²) in [6, 6.07) is 6.28. The minimum absolute atomic E-state index is 0.247. The molecule has 68 valence electrons. The van der Waals surface area contributed by atoms with Crippen LogP contribution in [0.3, 0.4) is 0 Å². The van der Waals surface area contributed by atoms with Crippen molar-refractivity contribution in [1.82, 2.24) is 0 Å². The molecular formula is C7H6N2O3S. The topological polar surface area (TPSA) is 75.6 Å². The maximum absolute atomic E-state index is 10.3. The van der Waals surface area contributed by atoms with Gasteiger partial charge in [0.15, 0.2) is 0 Å². The number of hydrogen-bond donors (Lipinski definition) is 2. The summed E-state index contributed by atoms with van der Waals surface area (Å²) in [5.74, 6) is 0. The van der Waals surface area contributed by atoms with Gasteiger partial charge in [0.25, 0.3) is 0 Å². The summed E-state index contributed by atoms with van der Waals surface area (Å²) < 4.78 is 22.8. The summed E-state index contributed by atoms with van der Waals surface area (Å²) in [5, 5.41) is 0. The normalized spacial score (nSPS) is 9.31. The monoisotopic (exact) mass is 198 g/mol. The van der Waals surface area contributed by atoms with Crippen molar-refractivity contribution in [3.8, 4) is 0 Å². The van der Waals surface area contributed by atoms with Crippen LogP contribution in [-0.2, 0) is 15.7 Å². The molecule has 0 spiro atoms. The third-order valence-electron chi connectivity index (χ3n) is 1.28. The molecule has 1 aromatic carbocycles. The van der Waals surface area contributed by atoms with Gasteiger partial charge in [-0.3, -0.25) is 4.72 Å². The largest absolute Gasteiger partial charge is 0.284 e. The van der Waals surface area contributed by atoms with Gasteiger partial charge in [-0.2, -0.15) is 4.99 Å². The Bertz CT molecular complexity index is 414. The quantitative estimate of drug-likeness (QED) is 0.424. The van der Waals surface area contributed by atoms with Crippen LogP contribution in [0.1, 0.15) is 0 Å². The SMILES string of the molecule is O=C=Nc1ccccc1N[SH](=O)=O. The standard InChI is InChI=1S/C7H6N2O3S/c10-5-8-6-3-1-2-4-7(6)9-13(11)12/h1-4,13H,(H,9,11,12). The molecule has 0 unspecified atom stereocenters. The number of nitrogens with zero attached hydrogens (tertiary/aromatic N) is 1. The predicted molar refractivity (Wildman–Crippen MR) is 48.2 cm³/mol. The van der Waals surface area contributed by atoms with E-state index in [-0.39, 0.29) is 11.4 Å². The van der Waals surface area contributed by atoms with E-state index < -0.39 is 10.9 Å². The minimum atomic E-state index is -2.74. The Morgan fingerprint density at radius 2 is 2.00 bits per heavy atom. The van der Waals surface area contributed by atoms with Crippen molar-refractivity contribution in [3.05, 3.63) is 24.3 Å². The second-order valence-electron chi connectivity index (χ2n) is 2.09. The van der Waals surface area contributed by atoms with Crippen molar-refractivity contribution >= 4 is 28.3 Å². The van der Waals surface area contributed by atoms with Gasteiger partial charge in [0.1, 0.15) is 5.69 Å². The van der Waals surface area contributed by atoms with E-state index in [4.69, 9.17) is 0 Å². The smallest absolute Gasteiger partial charge is 0.240 e. The van der Waals surface area contributed by atoms with E-state index in [1.165, 1.54) is 18.2 Å². The summed E-state index contributed by atoms with van der Waals surface area (Å²) in [4.78, 5) is 13.3. The maximum Gasteiger partial charge on any atom is 0.240 e. The number of para-hydroxylation sites is 2. The van der Waals surface area contributed by atoms with Gasteiger partial charge >= 0.3 is 0 Å². The van der Waals surface area contributed by atoms with Crippen LogP contribution in [0.15, 0.2) is 29.3 Å². The van der Waals surface area contributed by atoms with Crippen molar-refractivity contribution in [2.75, 3.05) is 4.72 Å². The highest BCUT2D eigenvalue weighted by atomic mass is 32.2. The minimum Gasteiger partial charge on any atom is -0.284 e. The number of isocyanates is 1. The zero-order chi connectivity index (χ0) is 9.68. The van der Waals surface area contributed by atoms with Gasteiger partial charge in [-0.05, 0) is 12.1 Å². The van der Waals surface area contributed by atoms with E-state index >= 15 is 0 Å². The van der Waals surface area contributed by atoms with Crippen LogP contribution in [-0.4, -0.2) is 14.5 Å². The fourth-order valence-corrected chi connectivity index (χ4v) is 1.20. The molecule has 1 N–H and O–H groups in total. The first-order valence-corrected chi connectivity index (χ1v) is 4.49. The molecule has 0 atom stereocenters. The second kappa shape index (κ2) is 4.39. The number of benzene rings is 1.